The van der Waals surface area contributed by atoms with Gasteiger partial charge in [-0.25, -0.2) is 14.2 Å². The Bertz CT molecular complexity index is 843. The molecule has 0 aliphatic carbocycles. The molecular formula is C18H16FN3O2. The van der Waals surface area contributed by atoms with Gasteiger partial charge in [-0.15, -0.1) is 0 Å². The maximum Gasteiger partial charge on any atom is 0.404 e. The molecule has 1 aromatic heterocycles. The molecular weight excluding hydrogens is 309 g/mol. The van der Waals surface area contributed by atoms with Crippen LogP contribution < -0.4 is 5.32 Å². The number of imidazole rings is 1. The van der Waals surface area contributed by atoms with E-state index >= 15 is 0 Å². The minimum atomic E-state index is -1.05. The van der Waals surface area contributed by atoms with Gasteiger partial charge in [0.05, 0.1) is 11.9 Å². The van der Waals surface area contributed by atoms with Gasteiger partial charge >= 0.3 is 6.09 Å². The third kappa shape index (κ3) is 3.60. The molecule has 0 bridgehead atoms. The fourth-order valence-corrected chi connectivity index (χ4v) is 2.45. The predicted octanol–water partition coefficient (Wildman–Crippen LogP) is 3.69. The molecule has 5 nitrogen and oxygen atoms in total. The topological polar surface area (TPSA) is 78.0 Å². The third-order valence-corrected chi connectivity index (χ3v) is 3.65. The van der Waals surface area contributed by atoms with Crippen molar-refractivity contribution in [3.63, 3.8) is 0 Å². The Hall–Kier alpha value is -3.15. The number of carboxylic acid groups (broad SMARTS) is 1. The van der Waals surface area contributed by atoms with Gasteiger partial charge in [-0.05, 0) is 17.2 Å². The van der Waals surface area contributed by atoms with Gasteiger partial charge in [0.1, 0.15) is 11.6 Å². The molecule has 0 unspecified atom stereocenters. The highest BCUT2D eigenvalue weighted by Gasteiger charge is 2.07. The lowest BCUT2D eigenvalue weighted by molar-refractivity contribution is 0.194. The van der Waals surface area contributed by atoms with Crippen LogP contribution in [-0.4, -0.2) is 27.7 Å². The summed E-state index contributed by atoms with van der Waals surface area (Å²) >= 11 is 0. The molecule has 3 aromatic rings. The van der Waals surface area contributed by atoms with Crippen molar-refractivity contribution in [1.29, 1.82) is 0 Å². The zero-order valence-corrected chi connectivity index (χ0v) is 12.8. The summed E-state index contributed by atoms with van der Waals surface area (Å²) in [6, 6.07) is 14.2. The minimum Gasteiger partial charge on any atom is -0.465 e. The van der Waals surface area contributed by atoms with Gasteiger partial charge in [-0.2, -0.15) is 0 Å². The first-order chi connectivity index (χ1) is 11.6. The van der Waals surface area contributed by atoms with Crippen LogP contribution in [0.5, 0.6) is 0 Å². The second kappa shape index (κ2) is 6.95. The number of hydrogen-bond acceptors (Lipinski definition) is 2. The number of aromatic nitrogens is 2. The molecule has 0 aliphatic rings. The number of benzene rings is 2. The standard InChI is InChI=1S/C18H16FN3O2/c19-15-4-2-1-3-14(15)12-5-7-13(8-6-12)16-11-21-17(22-16)9-10-20-18(23)24/h1-8,11,20H,9-10H2,(H,21,22)(H,23,24). The molecule has 0 radical (unpaired) electrons. The monoisotopic (exact) mass is 325 g/mol. The van der Waals surface area contributed by atoms with Crippen molar-refractivity contribution < 1.29 is 14.3 Å². The molecule has 3 rings (SSSR count). The van der Waals surface area contributed by atoms with Crippen molar-refractivity contribution in [3.05, 3.63) is 66.4 Å². The van der Waals surface area contributed by atoms with Crippen molar-refractivity contribution >= 4 is 6.09 Å². The summed E-state index contributed by atoms with van der Waals surface area (Å²) in [5.41, 5.74) is 3.14. The lowest BCUT2D eigenvalue weighted by Crippen LogP contribution is -2.23. The second-order valence-electron chi connectivity index (χ2n) is 5.28. The summed E-state index contributed by atoms with van der Waals surface area (Å²) in [7, 11) is 0. The Morgan fingerprint density at radius 3 is 2.54 bits per heavy atom. The van der Waals surface area contributed by atoms with Gasteiger partial charge in [-0.3, -0.25) is 0 Å². The van der Waals surface area contributed by atoms with E-state index in [0.29, 0.717) is 24.4 Å². The van der Waals surface area contributed by atoms with E-state index < -0.39 is 6.09 Å². The fraction of sp³-hybridized carbons (Fsp3) is 0.111. The van der Waals surface area contributed by atoms with Crippen molar-refractivity contribution in [1.82, 2.24) is 15.3 Å². The number of H-pyrrole nitrogens is 1. The number of hydrogen-bond donors (Lipinski definition) is 3. The van der Waals surface area contributed by atoms with Crippen LogP contribution >= 0.6 is 0 Å². The van der Waals surface area contributed by atoms with E-state index in [1.54, 1.807) is 24.4 Å². The zero-order chi connectivity index (χ0) is 16.9. The van der Waals surface area contributed by atoms with Crippen LogP contribution in [0.1, 0.15) is 5.82 Å². The lowest BCUT2D eigenvalue weighted by atomic mass is 10.0. The van der Waals surface area contributed by atoms with Crippen molar-refractivity contribution in [2.75, 3.05) is 6.54 Å². The molecule has 0 saturated carbocycles. The summed E-state index contributed by atoms with van der Waals surface area (Å²) in [4.78, 5) is 17.8. The van der Waals surface area contributed by atoms with Crippen LogP contribution in [0.3, 0.4) is 0 Å². The maximum absolute atomic E-state index is 13.8. The van der Waals surface area contributed by atoms with Crippen LogP contribution in [0.25, 0.3) is 22.4 Å². The minimum absolute atomic E-state index is 0.250. The van der Waals surface area contributed by atoms with Crippen LogP contribution in [0.15, 0.2) is 54.7 Å². The maximum atomic E-state index is 13.8. The van der Waals surface area contributed by atoms with E-state index in [4.69, 9.17) is 5.11 Å². The average Bonchev–Trinajstić information content (AvgIpc) is 3.04. The molecule has 0 aliphatic heterocycles. The van der Waals surface area contributed by atoms with Crippen molar-refractivity contribution in [3.8, 4) is 22.4 Å². The molecule has 24 heavy (non-hydrogen) atoms. The molecule has 2 aromatic carbocycles. The second-order valence-corrected chi connectivity index (χ2v) is 5.28. The largest absolute Gasteiger partial charge is 0.465 e. The highest BCUT2D eigenvalue weighted by atomic mass is 19.1. The Morgan fingerprint density at radius 2 is 1.83 bits per heavy atom. The zero-order valence-electron chi connectivity index (χ0n) is 12.8. The van der Waals surface area contributed by atoms with Gasteiger partial charge in [0.2, 0.25) is 0 Å². The van der Waals surface area contributed by atoms with Gasteiger partial charge in [0.25, 0.3) is 0 Å². The van der Waals surface area contributed by atoms with E-state index in [9.17, 15) is 9.18 Å². The summed E-state index contributed by atoms with van der Waals surface area (Å²) in [6.07, 6.45) is 1.14. The van der Waals surface area contributed by atoms with Gasteiger partial charge in [0, 0.05) is 18.5 Å². The Morgan fingerprint density at radius 1 is 1.12 bits per heavy atom. The molecule has 0 fully saturated rings. The SMILES string of the molecule is O=C(O)NCCc1ncc(-c2ccc(-c3ccccc3F)cc2)[nH]1. The van der Waals surface area contributed by atoms with Gasteiger partial charge in [-0.1, -0.05) is 42.5 Å². The van der Waals surface area contributed by atoms with Crippen LogP contribution in [0.4, 0.5) is 9.18 Å². The fourth-order valence-electron chi connectivity index (χ4n) is 2.45. The highest BCUT2D eigenvalue weighted by Crippen LogP contribution is 2.25. The molecule has 6 heteroatoms. The number of halogens is 1. The first kappa shape index (κ1) is 15.7. The van der Waals surface area contributed by atoms with Crippen molar-refractivity contribution in [2.45, 2.75) is 6.42 Å². The smallest absolute Gasteiger partial charge is 0.404 e. The summed E-state index contributed by atoms with van der Waals surface area (Å²) in [5, 5.41) is 10.8. The summed E-state index contributed by atoms with van der Waals surface area (Å²) < 4.78 is 13.8. The highest BCUT2D eigenvalue weighted by molar-refractivity contribution is 5.69. The summed E-state index contributed by atoms with van der Waals surface area (Å²) in [6.45, 7) is 0.300. The molecule has 0 atom stereocenters. The number of carbonyl (C=O) groups is 1. The predicted molar refractivity (Wildman–Crippen MR) is 89.1 cm³/mol. The number of aromatic amines is 1. The summed E-state index contributed by atoms with van der Waals surface area (Å²) in [5.74, 6) is 0.455. The molecule has 0 spiro atoms. The van der Waals surface area contributed by atoms with E-state index in [-0.39, 0.29) is 5.82 Å². The van der Waals surface area contributed by atoms with Gasteiger partial charge in [0.15, 0.2) is 0 Å². The van der Waals surface area contributed by atoms with Crippen LogP contribution in [-0.2, 0) is 6.42 Å². The molecule has 3 N–H and O–H groups in total. The van der Waals surface area contributed by atoms with E-state index in [0.717, 1.165) is 16.8 Å². The first-order valence-electron chi connectivity index (χ1n) is 7.49. The van der Waals surface area contributed by atoms with E-state index in [1.165, 1.54) is 6.07 Å². The Balaban J connectivity index is 1.73. The molecule has 0 saturated heterocycles. The quantitative estimate of drug-likeness (QED) is 0.669. The molecule has 1 heterocycles. The van der Waals surface area contributed by atoms with Crippen LogP contribution in [0.2, 0.25) is 0 Å². The number of nitrogens with one attached hydrogen (secondary N) is 2. The average molecular weight is 325 g/mol. The normalized spacial score (nSPS) is 10.5. The third-order valence-electron chi connectivity index (χ3n) is 3.65. The lowest BCUT2D eigenvalue weighted by Gasteiger charge is -2.04. The van der Waals surface area contributed by atoms with Gasteiger partial charge < -0.3 is 15.4 Å². The van der Waals surface area contributed by atoms with Crippen LogP contribution in [0, 0.1) is 5.82 Å². The Kier molecular flexibility index (Phi) is 4.56. The number of amides is 1. The number of rotatable bonds is 5. The molecule has 122 valence electrons. The number of nitrogens with zero attached hydrogens (tertiary/aromatic N) is 1. The van der Waals surface area contributed by atoms with E-state index in [2.05, 4.69) is 15.3 Å². The molecule has 1 amide bonds. The Labute approximate surface area is 138 Å². The van der Waals surface area contributed by atoms with E-state index in [1.807, 2.05) is 24.3 Å². The van der Waals surface area contributed by atoms with Crippen molar-refractivity contribution in [2.24, 2.45) is 0 Å². The first-order valence-corrected chi connectivity index (χ1v) is 7.49.